The Morgan fingerprint density at radius 1 is 1.33 bits per heavy atom. The number of carbonyl (C=O) groups is 1. The van der Waals surface area contributed by atoms with E-state index >= 15 is 0 Å². The van der Waals surface area contributed by atoms with Gasteiger partial charge in [0.2, 0.25) is 0 Å². The van der Waals surface area contributed by atoms with Gasteiger partial charge in [-0.05, 0) is 25.1 Å². The number of amidine groups is 1. The molecule has 1 aromatic carbocycles. The third kappa shape index (κ3) is 3.77. The van der Waals surface area contributed by atoms with E-state index in [4.69, 9.17) is 28.9 Å². The second-order valence-electron chi connectivity index (χ2n) is 2.77. The first kappa shape index (κ1) is 11.8. The molecule has 6 heteroatoms. The minimum Gasteiger partial charge on any atom is -0.385 e. The number of hydrogen-bond donors (Lipinski definition) is 1. The Labute approximate surface area is 96.6 Å². The van der Waals surface area contributed by atoms with E-state index < -0.39 is 5.97 Å². The number of carbonyl (C=O) groups excluding carboxylic acids is 1. The number of rotatable bonds is 2. The summed E-state index contributed by atoms with van der Waals surface area (Å²) in [5, 5.41) is 4.02. The molecule has 0 saturated heterocycles. The summed E-state index contributed by atoms with van der Waals surface area (Å²) in [7, 11) is 0. The number of nitrogens with two attached hydrogens (primary N) is 1. The van der Waals surface area contributed by atoms with Crippen LogP contribution < -0.4 is 5.73 Å². The minimum absolute atomic E-state index is 0.150. The van der Waals surface area contributed by atoms with Gasteiger partial charge in [-0.25, -0.2) is 4.79 Å². The molecule has 0 amide bonds. The highest BCUT2D eigenvalue weighted by Gasteiger charge is 2.09. The molecular formula is C9H8Cl2N2O2. The van der Waals surface area contributed by atoms with E-state index in [9.17, 15) is 4.79 Å². The Morgan fingerprint density at radius 3 is 2.33 bits per heavy atom. The number of nitrogens with zero attached hydrogens (tertiary/aromatic N) is 1. The normalized spacial score (nSPS) is 11.3. The summed E-state index contributed by atoms with van der Waals surface area (Å²) in [6, 6.07) is 4.37. The van der Waals surface area contributed by atoms with E-state index in [0.29, 0.717) is 10.0 Å². The van der Waals surface area contributed by atoms with Gasteiger partial charge in [-0.1, -0.05) is 28.4 Å². The zero-order chi connectivity index (χ0) is 11.4. The number of hydrogen-bond acceptors (Lipinski definition) is 3. The fourth-order valence-electron chi connectivity index (χ4n) is 0.838. The largest absolute Gasteiger partial charge is 0.385 e. The van der Waals surface area contributed by atoms with Crippen LogP contribution in [-0.4, -0.2) is 11.8 Å². The SMILES string of the molecule is CC(N)=NOC(=O)c1cc(Cl)cc(Cl)c1. The predicted molar refractivity (Wildman–Crippen MR) is 59.2 cm³/mol. The lowest BCUT2D eigenvalue weighted by Crippen LogP contribution is -2.09. The van der Waals surface area contributed by atoms with Crippen molar-refractivity contribution in [3.63, 3.8) is 0 Å². The second-order valence-corrected chi connectivity index (χ2v) is 3.64. The quantitative estimate of drug-likeness (QED) is 0.378. The van der Waals surface area contributed by atoms with Crippen molar-refractivity contribution in [3.8, 4) is 0 Å². The lowest BCUT2D eigenvalue weighted by atomic mass is 10.2. The van der Waals surface area contributed by atoms with Gasteiger partial charge in [0, 0.05) is 10.0 Å². The van der Waals surface area contributed by atoms with E-state index in [-0.39, 0.29) is 11.4 Å². The molecule has 0 atom stereocenters. The van der Waals surface area contributed by atoms with Crippen molar-refractivity contribution in [2.75, 3.05) is 0 Å². The predicted octanol–water partition coefficient (Wildman–Crippen LogP) is 2.44. The zero-order valence-corrected chi connectivity index (χ0v) is 9.34. The smallest absolute Gasteiger partial charge is 0.365 e. The minimum atomic E-state index is -0.663. The third-order valence-electron chi connectivity index (χ3n) is 1.37. The molecule has 80 valence electrons. The maximum atomic E-state index is 11.4. The van der Waals surface area contributed by atoms with Crippen molar-refractivity contribution in [3.05, 3.63) is 33.8 Å². The summed E-state index contributed by atoms with van der Waals surface area (Å²) in [5.74, 6) is -0.513. The standard InChI is InChI=1S/C9H8Cl2N2O2/c1-5(12)13-15-9(14)6-2-7(10)4-8(11)3-6/h2-4H,1H3,(H2,12,13). The zero-order valence-electron chi connectivity index (χ0n) is 7.83. The van der Waals surface area contributed by atoms with Crippen LogP contribution in [-0.2, 0) is 4.84 Å². The van der Waals surface area contributed by atoms with Crippen molar-refractivity contribution >= 4 is 35.0 Å². The molecule has 0 fully saturated rings. The van der Waals surface area contributed by atoms with E-state index in [1.165, 1.54) is 25.1 Å². The third-order valence-corrected chi connectivity index (χ3v) is 1.81. The molecule has 2 N–H and O–H groups in total. The summed E-state index contributed by atoms with van der Waals surface area (Å²) in [6.07, 6.45) is 0. The van der Waals surface area contributed by atoms with Crippen LogP contribution in [0.3, 0.4) is 0 Å². The highest BCUT2D eigenvalue weighted by Crippen LogP contribution is 2.19. The van der Waals surface area contributed by atoms with Crippen molar-refractivity contribution < 1.29 is 9.63 Å². The van der Waals surface area contributed by atoms with E-state index in [1.807, 2.05) is 0 Å². The van der Waals surface area contributed by atoms with Crippen molar-refractivity contribution in [1.82, 2.24) is 0 Å². The molecular weight excluding hydrogens is 239 g/mol. The van der Waals surface area contributed by atoms with Gasteiger partial charge in [0.15, 0.2) is 0 Å². The molecule has 0 unspecified atom stereocenters. The summed E-state index contributed by atoms with van der Waals surface area (Å²) in [4.78, 5) is 15.9. The van der Waals surface area contributed by atoms with Gasteiger partial charge < -0.3 is 10.6 Å². The van der Waals surface area contributed by atoms with E-state index in [2.05, 4.69) is 9.99 Å². The van der Waals surface area contributed by atoms with Crippen molar-refractivity contribution in [2.24, 2.45) is 10.9 Å². The monoisotopic (exact) mass is 246 g/mol. The first-order valence-electron chi connectivity index (χ1n) is 3.96. The Kier molecular flexibility index (Phi) is 3.94. The number of benzene rings is 1. The van der Waals surface area contributed by atoms with E-state index in [0.717, 1.165) is 0 Å². The lowest BCUT2D eigenvalue weighted by Gasteiger charge is -2.00. The Hall–Kier alpha value is -1.26. The van der Waals surface area contributed by atoms with Gasteiger partial charge in [-0.2, -0.15) is 0 Å². The van der Waals surface area contributed by atoms with Crippen LogP contribution in [0.4, 0.5) is 0 Å². The number of halogens is 2. The Morgan fingerprint density at radius 2 is 1.87 bits per heavy atom. The molecule has 4 nitrogen and oxygen atoms in total. The van der Waals surface area contributed by atoms with Crippen LogP contribution in [0.5, 0.6) is 0 Å². The van der Waals surface area contributed by atoms with Gasteiger partial charge in [0.25, 0.3) is 0 Å². The summed E-state index contributed by atoms with van der Waals surface area (Å²) in [5.41, 5.74) is 5.42. The van der Waals surface area contributed by atoms with Crippen LogP contribution in [0.25, 0.3) is 0 Å². The molecule has 0 aliphatic carbocycles. The molecule has 0 spiro atoms. The average molecular weight is 247 g/mol. The van der Waals surface area contributed by atoms with Crippen LogP contribution in [0.1, 0.15) is 17.3 Å². The summed E-state index contributed by atoms with van der Waals surface area (Å²) in [6.45, 7) is 1.50. The van der Waals surface area contributed by atoms with Crippen LogP contribution >= 0.6 is 23.2 Å². The van der Waals surface area contributed by atoms with Crippen LogP contribution in [0, 0.1) is 0 Å². The Bertz CT molecular complexity index is 394. The van der Waals surface area contributed by atoms with E-state index in [1.54, 1.807) is 0 Å². The molecule has 1 aromatic rings. The molecule has 0 radical (unpaired) electrons. The highest BCUT2D eigenvalue weighted by molar-refractivity contribution is 6.35. The van der Waals surface area contributed by atoms with Gasteiger partial charge >= 0.3 is 5.97 Å². The van der Waals surface area contributed by atoms with Gasteiger partial charge in [0.05, 0.1) is 5.56 Å². The summed E-state index contributed by atoms with van der Waals surface area (Å²) >= 11 is 11.4. The second kappa shape index (κ2) is 5.00. The maximum Gasteiger partial charge on any atom is 0.365 e. The highest BCUT2D eigenvalue weighted by atomic mass is 35.5. The molecule has 1 rings (SSSR count). The van der Waals surface area contributed by atoms with Crippen LogP contribution in [0.2, 0.25) is 10.0 Å². The molecule has 0 aliphatic rings. The molecule has 0 bridgehead atoms. The van der Waals surface area contributed by atoms with Crippen LogP contribution in [0.15, 0.2) is 23.4 Å². The Balaban J connectivity index is 2.87. The first-order chi connectivity index (χ1) is 6.99. The fraction of sp³-hybridized carbons (Fsp3) is 0.111. The van der Waals surface area contributed by atoms with Gasteiger partial charge in [0.1, 0.15) is 5.84 Å². The van der Waals surface area contributed by atoms with Gasteiger partial charge in [-0.15, -0.1) is 0 Å². The molecule has 0 heterocycles. The summed E-state index contributed by atoms with van der Waals surface area (Å²) < 4.78 is 0. The molecule has 15 heavy (non-hydrogen) atoms. The average Bonchev–Trinajstić information content (AvgIpc) is 2.12. The van der Waals surface area contributed by atoms with Crippen molar-refractivity contribution in [1.29, 1.82) is 0 Å². The number of oxime groups is 1. The van der Waals surface area contributed by atoms with Crippen molar-refractivity contribution in [2.45, 2.75) is 6.92 Å². The first-order valence-corrected chi connectivity index (χ1v) is 4.72. The molecule has 0 saturated carbocycles. The fourth-order valence-corrected chi connectivity index (χ4v) is 1.36. The lowest BCUT2D eigenvalue weighted by molar-refractivity contribution is 0.0515. The molecule has 0 aliphatic heterocycles. The molecule has 0 aromatic heterocycles. The topological polar surface area (TPSA) is 64.7 Å². The van der Waals surface area contributed by atoms with Gasteiger partial charge in [-0.3, -0.25) is 0 Å². The maximum absolute atomic E-state index is 11.4.